The Morgan fingerprint density at radius 1 is 1.38 bits per heavy atom. The zero-order valence-electron chi connectivity index (χ0n) is 7.65. The maximum absolute atomic E-state index is 11.0. The largest absolute Gasteiger partial charge is 0.469 e. The zero-order valence-corrected chi connectivity index (χ0v) is 8.47. The van der Waals surface area contributed by atoms with Gasteiger partial charge in [-0.2, -0.15) is 0 Å². The third kappa shape index (κ3) is 3.34. The Bertz CT molecular complexity index is 267. The van der Waals surface area contributed by atoms with Gasteiger partial charge in [0.2, 0.25) is 0 Å². The molecular weight excluding hydrogens is 192 g/mol. The predicted molar refractivity (Wildman–Crippen MR) is 48.0 cm³/mol. The number of methoxy groups -OCH3 is 1. The summed E-state index contributed by atoms with van der Waals surface area (Å²) in [7, 11) is -1.46. The standard InChI is InChI=1S/C8H14O4S/c1-12-8(9)6-7-2-4-13(10,11)5-3-7/h7H,2-6H2,1H3. The molecule has 0 bridgehead atoms. The Hall–Kier alpha value is -0.580. The van der Waals surface area contributed by atoms with E-state index in [2.05, 4.69) is 4.74 Å². The van der Waals surface area contributed by atoms with E-state index >= 15 is 0 Å². The van der Waals surface area contributed by atoms with Crippen LogP contribution in [0.4, 0.5) is 0 Å². The van der Waals surface area contributed by atoms with Crippen molar-refractivity contribution >= 4 is 15.8 Å². The van der Waals surface area contributed by atoms with E-state index in [-0.39, 0.29) is 23.4 Å². The fourth-order valence-corrected chi connectivity index (χ4v) is 3.05. The molecule has 1 aliphatic heterocycles. The van der Waals surface area contributed by atoms with Gasteiger partial charge in [-0.05, 0) is 18.8 Å². The SMILES string of the molecule is COC(=O)CC1CCS(=O)(=O)CC1. The number of hydrogen-bond acceptors (Lipinski definition) is 4. The van der Waals surface area contributed by atoms with E-state index in [0.29, 0.717) is 19.3 Å². The molecule has 76 valence electrons. The fraction of sp³-hybridized carbons (Fsp3) is 0.875. The van der Waals surface area contributed by atoms with Gasteiger partial charge in [-0.3, -0.25) is 4.79 Å². The molecule has 5 heteroatoms. The number of rotatable bonds is 2. The minimum atomic E-state index is -2.81. The summed E-state index contributed by atoms with van der Waals surface area (Å²) >= 11 is 0. The minimum Gasteiger partial charge on any atom is -0.469 e. The van der Waals surface area contributed by atoms with E-state index in [0.717, 1.165) is 0 Å². The number of ether oxygens (including phenoxy) is 1. The number of hydrogen-bond donors (Lipinski definition) is 0. The first kappa shape index (κ1) is 10.5. The van der Waals surface area contributed by atoms with Crippen molar-refractivity contribution in [2.75, 3.05) is 18.6 Å². The lowest BCUT2D eigenvalue weighted by Crippen LogP contribution is -2.25. The van der Waals surface area contributed by atoms with Crippen LogP contribution in [0.25, 0.3) is 0 Å². The Morgan fingerprint density at radius 2 is 1.92 bits per heavy atom. The molecule has 0 N–H and O–H groups in total. The first-order valence-corrected chi connectivity index (χ1v) is 6.13. The summed E-state index contributed by atoms with van der Waals surface area (Å²) in [6.07, 6.45) is 1.54. The van der Waals surface area contributed by atoms with E-state index in [1.807, 2.05) is 0 Å². The molecule has 0 aromatic carbocycles. The van der Waals surface area contributed by atoms with Gasteiger partial charge in [0.15, 0.2) is 0 Å². The molecule has 13 heavy (non-hydrogen) atoms. The summed E-state index contributed by atoms with van der Waals surface area (Å²) in [6, 6.07) is 0. The lowest BCUT2D eigenvalue weighted by molar-refractivity contribution is -0.141. The highest BCUT2D eigenvalue weighted by Gasteiger charge is 2.25. The normalized spacial score (nSPS) is 22.5. The van der Waals surface area contributed by atoms with Gasteiger partial charge in [-0.1, -0.05) is 0 Å². The van der Waals surface area contributed by atoms with Gasteiger partial charge in [0, 0.05) is 6.42 Å². The summed E-state index contributed by atoms with van der Waals surface area (Å²) in [6.45, 7) is 0. The van der Waals surface area contributed by atoms with Crippen LogP contribution >= 0.6 is 0 Å². The van der Waals surface area contributed by atoms with Gasteiger partial charge in [0.1, 0.15) is 9.84 Å². The van der Waals surface area contributed by atoms with Crippen molar-refractivity contribution in [1.82, 2.24) is 0 Å². The van der Waals surface area contributed by atoms with Crippen molar-refractivity contribution in [1.29, 1.82) is 0 Å². The van der Waals surface area contributed by atoms with Gasteiger partial charge < -0.3 is 4.74 Å². The average molecular weight is 206 g/mol. The maximum Gasteiger partial charge on any atom is 0.305 e. The molecule has 1 saturated heterocycles. The third-order valence-corrected chi connectivity index (χ3v) is 4.07. The summed E-state index contributed by atoms with van der Waals surface area (Å²) < 4.78 is 26.6. The van der Waals surface area contributed by atoms with Crippen molar-refractivity contribution in [3.63, 3.8) is 0 Å². The van der Waals surface area contributed by atoms with Crippen LogP contribution in [0, 0.1) is 5.92 Å². The maximum atomic E-state index is 11.0. The van der Waals surface area contributed by atoms with Crippen LogP contribution in [0.3, 0.4) is 0 Å². The first-order valence-electron chi connectivity index (χ1n) is 4.31. The monoisotopic (exact) mass is 206 g/mol. The van der Waals surface area contributed by atoms with Crippen LogP contribution < -0.4 is 0 Å². The van der Waals surface area contributed by atoms with Gasteiger partial charge in [0.05, 0.1) is 18.6 Å². The Morgan fingerprint density at radius 3 is 2.38 bits per heavy atom. The molecule has 4 nitrogen and oxygen atoms in total. The van der Waals surface area contributed by atoms with Crippen LogP contribution in [-0.2, 0) is 19.4 Å². The fourth-order valence-electron chi connectivity index (χ4n) is 1.46. The van der Waals surface area contributed by atoms with E-state index in [4.69, 9.17) is 0 Å². The van der Waals surface area contributed by atoms with E-state index in [1.165, 1.54) is 7.11 Å². The topological polar surface area (TPSA) is 60.4 Å². The second kappa shape index (κ2) is 4.09. The Balaban J connectivity index is 2.38. The predicted octanol–water partition coefficient (Wildman–Crippen LogP) is 0.374. The number of sulfone groups is 1. The van der Waals surface area contributed by atoms with Crippen molar-refractivity contribution < 1.29 is 17.9 Å². The Labute approximate surface area is 78.2 Å². The van der Waals surface area contributed by atoms with Crippen molar-refractivity contribution in [3.05, 3.63) is 0 Å². The van der Waals surface area contributed by atoms with E-state index in [9.17, 15) is 13.2 Å². The van der Waals surface area contributed by atoms with Crippen molar-refractivity contribution in [3.8, 4) is 0 Å². The van der Waals surface area contributed by atoms with Crippen LogP contribution in [0.5, 0.6) is 0 Å². The molecular formula is C8H14O4S. The molecule has 1 heterocycles. The lowest BCUT2D eigenvalue weighted by Gasteiger charge is -2.20. The third-order valence-electron chi connectivity index (χ3n) is 2.36. The Kier molecular flexibility index (Phi) is 3.30. The van der Waals surface area contributed by atoms with Crippen molar-refractivity contribution in [2.24, 2.45) is 5.92 Å². The molecule has 0 spiro atoms. The van der Waals surface area contributed by atoms with E-state index < -0.39 is 9.84 Å². The second-order valence-electron chi connectivity index (χ2n) is 3.38. The molecule has 0 saturated carbocycles. The first-order chi connectivity index (χ1) is 6.03. The molecule has 0 unspecified atom stereocenters. The zero-order chi connectivity index (χ0) is 9.90. The average Bonchev–Trinajstić information content (AvgIpc) is 2.08. The number of esters is 1. The van der Waals surface area contributed by atoms with Crippen molar-refractivity contribution in [2.45, 2.75) is 19.3 Å². The van der Waals surface area contributed by atoms with Crippen LogP contribution in [0.15, 0.2) is 0 Å². The van der Waals surface area contributed by atoms with Gasteiger partial charge in [-0.15, -0.1) is 0 Å². The minimum absolute atomic E-state index is 0.191. The summed E-state index contributed by atoms with van der Waals surface area (Å²) in [5.74, 6) is 0.379. The highest BCUT2D eigenvalue weighted by Crippen LogP contribution is 2.21. The molecule has 0 aromatic rings. The van der Waals surface area contributed by atoms with Crippen LogP contribution in [0.1, 0.15) is 19.3 Å². The molecule has 0 aliphatic carbocycles. The smallest absolute Gasteiger partial charge is 0.305 e. The quantitative estimate of drug-likeness (QED) is 0.613. The van der Waals surface area contributed by atoms with Crippen LogP contribution in [-0.4, -0.2) is 33.0 Å². The highest BCUT2D eigenvalue weighted by molar-refractivity contribution is 7.91. The highest BCUT2D eigenvalue weighted by atomic mass is 32.2. The molecule has 0 aromatic heterocycles. The summed E-state index contributed by atoms with van der Waals surface area (Å²) in [4.78, 5) is 10.9. The van der Waals surface area contributed by atoms with Crippen LogP contribution in [0.2, 0.25) is 0 Å². The number of carbonyl (C=O) groups is 1. The molecule has 0 amide bonds. The van der Waals surface area contributed by atoms with Gasteiger partial charge >= 0.3 is 5.97 Å². The molecule has 1 fully saturated rings. The van der Waals surface area contributed by atoms with E-state index in [1.54, 1.807) is 0 Å². The van der Waals surface area contributed by atoms with Gasteiger partial charge in [0.25, 0.3) is 0 Å². The lowest BCUT2D eigenvalue weighted by atomic mass is 9.99. The molecule has 1 rings (SSSR count). The summed E-state index contributed by atoms with van der Waals surface area (Å²) in [5.41, 5.74) is 0. The number of carbonyl (C=O) groups excluding carboxylic acids is 1. The van der Waals surface area contributed by atoms with Gasteiger partial charge in [-0.25, -0.2) is 8.42 Å². The summed E-state index contributed by atoms with van der Waals surface area (Å²) in [5, 5.41) is 0. The molecule has 1 aliphatic rings. The molecule has 0 atom stereocenters. The second-order valence-corrected chi connectivity index (χ2v) is 5.68. The molecule has 0 radical (unpaired) electrons.